The number of benzene rings is 2. The first-order chi connectivity index (χ1) is 15.4. The van der Waals surface area contributed by atoms with Crippen LogP contribution < -0.4 is 18.9 Å². The highest BCUT2D eigenvalue weighted by atomic mass is 32.1. The number of rotatable bonds is 8. The Bertz CT molecular complexity index is 1100. The Kier molecular flexibility index (Phi) is 6.63. The van der Waals surface area contributed by atoms with Crippen molar-refractivity contribution in [3.05, 3.63) is 48.5 Å². The summed E-state index contributed by atoms with van der Waals surface area (Å²) in [5.41, 5.74) is 2.00. The lowest BCUT2D eigenvalue weighted by atomic mass is 10.1. The number of hydrogen-bond donors (Lipinski definition) is 0. The molecule has 6 heteroatoms. The van der Waals surface area contributed by atoms with Crippen LogP contribution in [-0.2, 0) is 0 Å². The standard InChI is InChI=1S/C26H28O4S2/c1-15(2)29-19-11-7-9-17(27-5)25(19)23-13-21-22(31-23)14-24(32-21)26-18(28-6)10-8-12-20(26)30-16(3)4/h7-16H,1-6H3. The third-order valence-electron chi connectivity index (χ3n) is 4.84. The van der Waals surface area contributed by atoms with Crippen LogP contribution in [0.1, 0.15) is 27.7 Å². The van der Waals surface area contributed by atoms with Gasteiger partial charge in [-0.15, -0.1) is 22.7 Å². The average Bonchev–Trinajstić information content (AvgIpc) is 3.31. The first kappa shape index (κ1) is 22.5. The molecule has 0 atom stereocenters. The van der Waals surface area contributed by atoms with Crippen molar-refractivity contribution in [2.45, 2.75) is 39.9 Å². The third-order valence-corrected chi connectivity index (χ3v) is 7.17. The van der Waals surface area contributed by atoms with E-state index in [4.69, 9.17) is 18.9 Å². The molecule has 0 unspecified atom stereocenters. The molecule has 2 aromatic carbocycles. The van der Waals surface area contributed by atoms with E-state index >= 15 is 0 Å². The quantitative estimate of drug-likeness (QED) is 0.263. The summed E-state index contributed by atoms with van der Waals surface area (Å²) in [7, 11) is 3.40. The molecule has 0 fully saturated rings. The van der Waals surface area contributed by atoms with Crippen LogP contribution in [0.15, 0.2) is 48.5 Å². The second-order valence-electron chi connectivity index (χ2n) is 7.95. The van der Waals surface area contributed by atoms with Crippen molar-refractivity contribution in [3.63, 3.8) is 0 Å². The molecule has 0 radical (unpaired) electrons. The molecule has 2 heterocycles. The lowest BCUT2D eigenvalue weighted by Gasteiger charge is -2.16. The monoisotopic (exact) mass is 468 g/mol. The molecule has 0 aliphatic rings. The van der Waals surface area contributed by atoms with E-state index in [0.29, 0.717) is 0 Å². The number of ether oxygens (including phenoxy) is 4. The Morgan fingerprint density at radius 1 is 0.594 bits per heavy atom. The van der Waals surface area contributed by atoms with Gasteiger partial charge >= 0.3 is 0 Å². The normalized spacial score (nSPS) is 11.4. The Morgan fingerprint density at radius 3 is 1.31 bits per heavy atom. The summed E-state index contributed by atoms with van der Waals surface area (Å²) in [6.45, 7) is 8.14. The molecular weight excluding hydrogens is 440 g/mol. The lowest BCUT2D eigenvalue weighted by Crippen LogP contribution is -2.06. The van der Waals surface area contributed by atoms with E-state index in [1.54, 1.807) is 36.9 Å². The van der Waals surface area contributed by atoms with Crippen LogP contribution in [0.25, 0.3) is 30.3 Å². The van der Waals surface area contributed by atoms with E-state index in [0.717, 1.165) is 43.9 Å². The maximum Gasteiger partial charge on any atom is 0.132 e. The molecule has 32 heavy (non-hydrogen) atoms. The van der Waals surface area contributed by atoms with E-state index in [1.807, 2.05) is 64.1 Å². The molecule has 0 saturated heterocycles. The molecule has 4 nitrogen and oxygen atoms in total. The summed E-state index contributed by atoms with van der Waals surface area (Å²) in [5, 5.41) is 0. The number of methoxy groups -OCH3 is 2. The van der Waals surface area contributed by atoms with E-state index < -0.39 is 0 Å². The zero-order chi connectivity index (χ0) is 22.8. The fourth-order valence-corrected chi connectivity index (χ4v) is 6.14. The summed E-state index contributed by atoms with van der Waals surface area (Å²) in [6.07, 6.45) is 0.164. The molecule has 168 valence electrons. The van der Waals surface area contributed by atoms with E-state index in [-0.39, 0.29) is 12.2 Å². The van der Waals surface area contributed by atoms with Crippen molar-refractivity contribution < 1.29 is 18.9 Å². The van der Waals surface area contributed by atoms with Crippen LogP contribution in [0.3, 0.4) is 0 Å². The van der Waals surface area contributed by atoms with Gasteiger partial charge in [0.05, 0.1) is 37.6 Å². The van der Waals surface area contributed by atoms with Gasteiger partial charge < -0.3 is 18.9 Å². The highest BCUT2D eigenvalue weighted by Crippen LogP contribution is 2.49. The molecule has 0 amide bonds. The van der Waals surface area contributed by atoms with Crippen LogP contribution in [-0.4, -0.2) is 26.4 Å². The van der Waals surface area contributed by atoms with E-state index in [9.17, 15) is 0 Å². The first-order valence-corrected chi connectivity index (χ1v) is 12.3. The molecule has 0 aliphatic carbocycles. The Morgan fingerprint density at radius 2 is 0.969 bits per heavy atom. The molecule has 0 bridgehead atoms. The van der Waals surface area contributed by atoms with Gasteiger partial charge in [0.2, 0.25) is 0 Å². The predicted octanol–water partition coefficient (Wildman–Crippen LogP) is 7.89. The second-order valence-corrected chi connectivity index (χ2v) is 10.1. The molecule has 0 N–H and O–H groups in total. The van der Waals surface area contributed by atoms with Gasteiger partial charge in [-0.3, -0.25) is 0 Å². The molecule has 0 saturated carbocycles. The largest absolute Gasteiger partial charge is 0.496 e. The Hall–Kier alpha value is -2.70. The molecule has 0 aliphatic heterocycles. The summed E-state index contributed by atoms with van der Waals surface area (Å²) in [6, 6.07) is 16.3. The van der Waals surface area contributed by atoms with E-state index in [1.165, 1.54) is 9.40 Å². The van der Waals surface area contributed by atoms with Crippen molar-refractivity contribution in [2.24, 2.45) is 0 Å². The Balaban J connectivity index is 1.80. The zero-order valence-corrected chi connectivity index (χ0v) is 20.9. The molecule has 2 aromatic heterocycles. The number of hydrogen-bond acceptors (Lipinski definition) is 6. The van der Waals surface area contributed by atoms with Gasteiger partial charge in [-0.25, -0.2) is 0 Å². The number of fused-ring (bicyclic) bond motifs is 1. The van der Waals surface area contributed by atoms with Crippen LogP contribution >= 0.6 is 22.7 Å². The van der Waals surface area contributed by atoms with Gasteiger partial charge in [0.1, 0.15) is 23.0 Å². The average molecular weight is 469 g/mol. The van der Waals surface area contributed by atoms with Gasteiger partial charge in [0.25, 0.3) is 0 Å². The zero-order valence-electron chi connectivity index (χ0n) is 19.2. The van der Waals surface area contributed by atoms with Crippen LogP contribution in [0.5, 0.6) is 23.0 Å². The fourth-order valence-electron chi connectivity index (χ4n) is 3.63. The molecule has 4 rings (SSSR count). The summed E-state index contributed by atoms with van der Waals surface area (Å²) in [5.74, 6) is 3.31. The minimum atomic E-state index is 0.0819. The van der Waals surface area contributed by atoms with Crippen LogP contribution in [0.2, 0.25) is 0 Å². The topological polar surface area (TPSA) is 36.9 Å². The number of thiophene rings is 2. The van der Waals surface area contributed by atoms with Gasteiger partial charge in [-0.2, -0.15) is 0 Å². The smallest absolute Gasteiger partial charge is 0.132 e. The Labute approximate surface area is 197 Å². The minimum Gasteiger partial charge on any atom is -0.496 e. The van der Waals surface area contributed by atoms with Crippen LogP contribution in [0, 0.1) is 0 Å². The summed E-state index contributed by atoms with van der Waals surface area (Å²) < 4.78 is 25.9. The predicted molar refractivity (Wildman–Crippen MR) is 135 cm³/mol. The maximum atomic E-state index is 6.09. The molecule has 4 aromatic rings. The molecular formula is C26H28O4S2. The molecule has 0 spiro atoms. The third kappa shape index (κ3) is 4.43. The second kappa shape index (κ2) is 9.43. The van der Waals surface area contributed by atoms with Gasteiger partial charge in [0.15, 0.2) is 0 Å². The van der Waals surface area contributed by atoms with Crippen molar-refractivity contribution in [1.82, 2.24) is 0 Å². The van der Waals surface area contributed by atoms with E-state index in [2.05, 4.69) is 12.1 Å². The highest BCUT2D eigenvalue weighted by Gasteiger charge is 2.20. The van der Waals surface area contributed by atoms with Crippen molar-refractivity contribution in [3.8, 4) is 43.9 Å². The van der Waals surface area contributed by atoms with Crippen molar-refractivity contribution in [1.29, 1.82) is 0 Å². The summed E-state index contributed by atoms with van der Waals surface area (Å²) in [4.78, 5) is 2.26. The minimum absolute atomic E-state index is 0.0819. The lowest BCUT2D eigenvalue weighted by molar-refractivity contribution is 0.242. The summed E-state index contributed by atoms with van der Waals surface area (Å²) >= 11 is 3.48. The first-order valence-electron chi connectivity index (χ1n) is 10.6. The van der Waals surface area contributed by atoms with Gasteiger partial charge in [-0.05, 0) is 64.1 Å². The highest BCUT2D eigenvalue weighted by molar-refractivity contribution is 7.31. The SMILES string of the molecule is COc1cccc(OC(C)C)c1-c1cc2sc(-c3c(OC)cccc3OC(C)C)cc2s1. The fraction of sp³-hybridized carbons (Fsp3) is 0.308. The maximum absolute atomic E-state index is 6.09. The van der Waals surface area contributed by atoms with Gasteiger partial charge in [0, 0.05) is 19.2 Å². The van der Waals surface area contributed by atoms with Crippen molar-refractivity contribution in [2.75, 3.05) is 14.2 Å². The van der Waals surface area contributed by atoms with Crippen LogP contribution in [0.4, 0.5) is 0 Å². The van der Waals surface area contributed by atoms with Gasteiger partial charge in [-0.1, -0.05) is 12.1 Å². The van der Waals surface area contributed by atoms with Crippen molar-refractivity contribution >= 4 is 32.1 Å².